The van der Waals surface area contributed by atoms with Crippen molar-refractivity contribution in [1.29, 1.82) is 0 Å². The highest BCUT2D eigenvalue weighted by Gasteiger charge is 2.11. The maximum atomic E-state index is 13.4. The predicted molar refractivity (Wildman–Crippen MR) is 96.9 cm³/mol. The highest BCUT2D eigenvalue weighted by Crippen LogP contribution is 2.23. The molecule has 0 aliphatic rings. The fourth-order valence-corrected chi connectivity index (χ4v) is 2.91. The molecule has 0 radical (unpaired) electrons. The van der Waals surface area contributed by atoms with Gasteiger partial charge in [-0.2, -0.15) is 5.10 Å². The van der Waals surface area contributed by atoms with Gasteiger partial charge in [-0.3, -0.25) is 4.79 Å². The number of rotatable bonds is 4. The van der Waals surface area contributed by atoms with Crippen LogP contribution in [0.5, 0.6) is 5.75 Å². The van der Waals surface area contributed by atoms with Crippen molar-refractivity contribution in [2.24, 2.45) is 0 Å². The summed E-state index contributed by atoms with van der Waals surface area (Å²) in [5, 5.41) is 4.43. The van der Waals surface area contributed by atoms with Crippen LogP contribution >= 0.6 is 0 Å². The zero-order chi connectivity index (χ0) is 19.0. The molecule has 0 unspecified atom stereocenters. The van der Waals surface area contributed by atoms with Gasteiger partial charge in [0.2, 0.25) is 0 Å². The van der Waals surface area contributed by atoms with Gasteiger partial charge in [-0.25, -0.2) is 13.3 Å². The second-order valence-electron chi connectivity index (χ2n) is 6.07. The first kappa shape index (κ1) is 17.0. The molecule has 2 aromatic carbocycles. The van der Waals surface area contributed by atoms with Crippen LogP contribution in [0.1, 0.15) is 5.56 Å². The van der Waals surface area contributed by atoms with Crippen molar-refractivity contribution in [1.82, 2.24) is 14.2 Å². The Bertz CT molecular complexity index is 1200. The van der Waals surface area contributed by atoms with E-state index in [0.717, 1.165) is 17.7 Å². The van der Waals surface area contributed by atoms with Crippen LogP contribution in [0.4, 0.5) is 8.78 Å². The number of benzene rings is 2. The van der Waals surface area contributed by atoms with Gasteiger partial charge >= 0.3 is 0 Å². The van der Waals surface area contributed by atoms with Crippen molar-refractivity contribution in [2.75, 3.05) is 7.11 Å². The monoisotopic (exact) mass is 367 g/mol. The maximum absolute atomic E-state index is 13.4. The van der Waals surface area contributed by atoms with Crippen LogP contribution in [0, 0.1) is 11.6 Å². The van der Waals surface area contributed by atoms with Crippen LogP contribution in [0.15, 0.2) is 65.7 Å². The van der Waals surface area contributed by atoms with Gasteiger partial charge in [-0.15, -0.1) is 0 Å². The molecule has 2 aromatic heterocycles. The lowest BCUT2D eigenvalue weighted by Crippen LogP contribution is -2.21. The second-order valence-corrected chi connectivity index (χ2v) is 6.07. The Hall–Kier alpha value is -3.48. The summed E-state index contributed by atoms with van der Waals surface area (Å²) < 4.78 is 34.6. The SMILES string of the molecule is COc1cccc(-c2cc3c(=O)n(Cc4ccc(F)c(F)c4)ccn3n2)c1. The van der Waals surface area contributed by atoms with Crippen LogP contribution in [0.25, 0.3) is 16.8 Å². The highest BCUT2D eigenvalue weighted by atomic mass is 19.2. The molecule has 0 spiro atoms. The lowest BCUT2D eigenvalue weighted by Gasteiger charge is -2.06. The number of fused-ring (bicyclic) bond motifs is 1. The Kier molecular flexibility index (Phi) is 4.19. The second kappa shape index (κ2) is 6.68. The Morgan fingerprint density at radius 2 is 1.89 bits per heavy atom. The van der Waals surface area contributed by atoms with E-state index in [-0.39, 0.29) is 12.1 Å². The van der Waals surface area contributed by atoms with E-state index in [4.69, 9.17) is 4.74 Å². The normalized spacial score (nSPS) is 11.1. The number of hydrogen-bond donors (Lipinski definition) is 0. The average Bonchev–Trinajstić information content (AvgIpc) is 3.12. The minimum absolute atomic E-state index is 0.131. The summed E-state index contributed by atoms with van der Waals surface area (Å²) in [5.41, 5.74) is 2.07. The number of hydrogen-bond acceptors (Lipinski definition) is 3. The van der Waals surface area contributed by atoms with E-state index in [1.54, 1.807) is 25.6 Å². The lowest BCUT2D eigenvalue weighted by molar-refractivity contribution is 0.415. The molecule has 0 N–H and O–H groups in total. The van der Waals surface area contributed by atoms with E-state index in [9.17, 15) is 13.6 Å². The van der Waals surface area contributed by atoms with Gasteiger partial charge in [0, 0.05) is 18.0 Å². The molecule has 0 fully saturated rings. The summed E-state index contributed by atoms with van der Waals surface area (Å²) in [4.78, 5) is 12.8. The van der Waals surface area contributed by atoms with Crippen molar-refractivity contribution in [3.05, 3.63) is 88.5 Å². The molecule has 7 heteroatoms. The zero-order valence-corrected chi connectivity index (χ0v) is 14.4. The molecule has 0 saturated heterocycles. The summed E-state index contributed by atoms with van der Waals surface area (Å²) in [5.74, 6) is -1.16. The summed E-state index contributed by atoms with van der Waals surface area (Å²) in [7, 11) is 1.58. The fourth-order valence-electron chi connectivity index (χ4n) is 2.91. The molecule has 0 bridgehead atoms. The van der Waals surface area contributed by atoms with E-state index in [0.29, 0.717) is 22.5 Å². The molecular weight excluding hydrogens is 352 g/mol. The van der Waals surface area contributed by atoms with Gasteiger partial charge in [-0.05, 0) is 35.9 Å². The van der Waals surface area contributed by atoms with E-state index in [1.807, 2.05) is 24.3 Å². The van der Waals surface area contributed by atoms with Crippen LogP contribution in [0.3, 0.4) is 0 Å². The van der Waals surface area contributed by atoms with Crippen LogP contribution in [0.2, 0.25) is 0 Å². The molecule has 5 nitrogen and oxygen atoms in total. The first-order chi connectivity index (χ1) is 13.0. The molecule has 0 amide bonds. The molecule has 0 saturated carbocycles. The third kappa shape index (κ3) is 3.19. The van der Waals surface area contributed by atoms with E-state index in [1.165, 1.54) is 15.1 Å². The van der Waals surface area contributed by atoms with E-state index < -0.39 is 11.6 Å². The van der Waals surface area contributed by atoms with Crippen LogP contribution in [-0.2, 0) is 6.54 Å². The van der Waals surface area contributed by atoms with E-state index >= 15 is 0 Å². The van der Waals surface area contributed by atoms with Gasteiger partial charge in [0.15, 0.2) is 11.6 Å². The summed E-state index contributed by atoms with van der Waals surface area (Å²) >= 11 is 0. The van der Waals surface area contributed by atoms with Gasteiger partial charge in [-0.1, -0.05) is 18.2 Å². The first-order valence-corrected chi connectivity index (χ1v) is 8.22. The summed E-state index contributed by atoms with van der Waals surface area (Å²) in [6.07, 6.45) is 3.22. The Balaban J connectivity index is 1.73. The van der Waals surface area contributed by atoms with Gasteiger partial charge in [0.05, 0.1) is 19.3 Å². The summed E-state index contributed by atoms with van der Waals surface area (Å²) in [6, 6.07) is 12.7. The zero-order valence-electron chi connectivity index (χ0n) is 14.4. The molecule has 0 aliphatic heterocycles. The minimum Gasteiger partial charge on any atom is -0.497 e. The Morgan fingerprint density at radius 1 is 1.04 bits per heavy atom. The average molecular weight is 367 g/mol. The number of ether oxygens (including phenoxy) is 1. The largest absolute Gasteiger partial charge is 0.497 e. The third-order valence-electron chi connectivity index (χ3n) is 4.31. The van der Waals surface area contributed by atoms with E-state index in [2.05, 4.69) is 5.10 Å². The number of halogens is 2. The van der Waals surface area contributed by atoms with Crippen molar-refractivity contribution >= 4 is 5.52 Å². The summed E-state index contributed by atoms with van der Waals surface area (Å²) in [6.45, 7) is 0.131. The van der Waals surface area contributed by atoms with Gasteiger partial charge in [0.1, 0.15) is 11.3 Å². The molecule has 27 heavy (non-hydrogen) atoms. The van der Waals surface area contributed by atoms with Crippen molar-refractivity contribution < 1.29 is 13.5 Å². The third-order valence-corrected chi connectivity index (χ3v) is 4.31. The Morgan fingerprint density at radius 3 is 2.67 bits per heavy atom. The predicted octanol–water partition coefficient (Wildman–Crippen LogP) is 3.50. The molecule has 0 aliphatic carbocycles. The minimum atomic E-state index is -0.939. The maximum Gasteiger partial charge on any atom is 0.276 e. The molecular formula is C20H15F2N3O2. The van der Waals surface area contributed by atoms with Crippen LogP contribution < -0.4 is 10.3 Å². The lowest BCUT2D eigenvalue weighted by atomic mass is 10.1. The van der Waals surface area contributed by atoms with Gasteiger partial charge < -0.3 is 9.30 Å². The number of nitrogens with zero attached hydrogens (tertiary/aromatic N) is 3. The standard InChI is InChI=1S/C20H15F2N3O2/c1-27-15-4-2-3-14(10-15)18-11-19-20(26)24(7-8-25(19)23-18)12-13-5-6-16(21)17(22)9-13/h2-11H,12H2,1H3. The van der Waals surface area contributed by atoms with Crippen molar-refractivity contribution in [3.8, 4) is 17.0 Å². The molecule has 4 rings (SSSR count). The first-order valence-electron chi connectivity index (χ1n) is 8.22. The Labute approximate surface area is 153 Å². The van der Waals surface area contributed by atoms with Gasteiger partial charge in [0.25, 0.3) is 5.56 Å². The molecule has 0 atom stereocenters. The molecule has 136 valence electrons. The quantitative estimate of drug-likeness (QED) is 0.555. The number of aromatic nitrogens is 3. The van der Waals surface area contributed by atoms with Crippen LogP contribution in [-0.4, -0.2) is 21.3 Å². The molecule has 2 heterocycles. The van der Waals surface area contributed by atoms with Crippen molar-refractivity contribution in [3.63, 3.8) is 0 Å². The smallest absolute Gasteiger partial charge is 0.276 e. The van der Waals surface area contributed by atoms with Crippen molar-refractivity contribution in [2.45, 2.75) is 6.54 Å². The number of methoxy groups -OCH3 is 1. The fraction of sp³-hybridized carbons (Fsp3) is 0.100. The highest BCUT2D eigenvalue weighted by molar-refractivity contribution is 5.66. The topological polar surface area (TPSA) is 48.5 Å². The molecule has 4 aromatic rings.